The number of phosphoric ester groups is 1. The molecule has 0 spiro atoms. The summed E-state index contributed by atoms with van der Waals surface area (Å²) in [5, 5.41) is 0. The number of allylic oxidation sites excluding steroid dienone is 2. The Labute approximate surface area is 352 Å². The van der Waals surface area contributed by atoms with Gasteiger partial charge in [0, 0.05) is 12.8 Å². The number of esters is 2. The maximum Gasteiger partial charge on any atom is 0.472 e. The van der Waals surface area contributed by atoms with E-state index in [1.54, 1.807) is 6.92 Å². The van der Waals surface area contributed by atoms with E-state index in [1.165, 1.54) is 180 Å². The lowest BCUT2D eigenvalue weighted by Gasteiger charge is -2.19. The molecule has 2 unspecified atom stereocenters. The molecular formula is C48H93O8P. The Kier molecular flexibility index (Phi) is 43.4. The Balaban J connectivity index is 3.98. The molecule has 2 atom stereocenters. The van der Waals surface area contributed by atoms with Crippen molar-refractivity contribution in [3.63, 3.8) is 0 Å². The summed E-state index contributed by atoms with van der Waals surface area (Å²) in [4.78, 5) is 34.9. The van der Waals surface area contributed by atoms with Gasteiger partial charge in [-0.05, 0) is 45.4 Å². The lowest BCUT2D eigenvalue weighted by molar-refractivity contribution is -0.161. The monoisotopic (exact) mass is 829 g/mol. The fraction of sp³-hybridized carbons (Fsp3) is 0.917. The minimum Gasteiger partial charge on any atom is -0.462 e. The van der Waals surface area contributed by atoms with Gasteiger partial charge >= 0.3 is 19.8 Å². The van der Waals surface area contributed by atoms with E-state index in [-0.39, 0.29) is 32.2 Å². The topological polar surface area (TPSA) is 108 Å². The van der Waals surface area contributed by atoms with Crippen molar-refractivity contribution in [3.05, 3.63) is 12.2 Å². The van der Waals surface area contributed by atoms with Gasteiger partial charge in [-0.15, -0.1) is 0 Å². The maximum absolute atomic E-state index is 12.6. The second kappa shape index (κ2) is 44.3. The van der Waals surface area contributed by atoms with E-state index in [0.29, 0.717) is 12.8 Å². The van der Waals surface area contributed by atoms with Crippen molar-refractivity contribution in [3.8, 4) is 0 Å². The number of carbonyl (C=O) groups is 2. The van der Waals surface area contributed by atoms with Gasteiger partial charge in [-0.1, -0.05) is 212 Å². The predicted octanol–water partition coefficient (Wildman–Crippen LogP) is 15.6. The van der Waals surface area contributed by atoms with Gasteiger partial charge in [0.25, 0.3) is 0 Å². The Bertz CT molecular complexity index is 941. The maximum atomic E-state index is 12.6. The lowest BCUT2D eigenvalue weighted by atomic mass is 10.0. The van der Waals surface area contributed by atoms with Crippen LogP contribution in [0.2, 0.25) is 0 Å². The molecule has 338 valence electrons. The zero-order valence-corrected chi connectivity index (χ0v) is 38.7. The molecular weight excluding hydrogens is 735 g/mol. The van der Waals surface area contributed by atoms with Crippen molar-refractivity contribution >= 4 is 19.8 Å². The van der Waals surface area contributed by atoms with E-state index in [9.17, 15) is 19.0 Å². The highest BCUT2D eigenvalue weighted by Crippen LogP contribution is 2.43. The van der Waals surface area contributed by atoms with Crippen LogP contribution in [0.5, 0.6) is 0 Å². The second-order valence-electron chi connectivity index (χ2n) is 16.5. The summed E-state index contributed by atoms with van der Waals surface area (Å²) in [5.41, 5.74) is 0. The van der Waals surface area contributed by atoms with E-state index in [0.717, 1.165) is 38.5 Å². The van der Waals surface area contributed by atoms with E-state index in [1.807, 2.05) is 0 Å². The number of unbranched alkanes of at least 4 members (excludes halogenated alkanes) is 32. The van der Waals surface area contributed by atoms with Gasteiger partial charge in [0.1, 0.15) is 6.61 Å². The van der Waals surface area contributed by atoms with Crippen LogP contribution in [-0.4, -0.2) is 42.8 Å². The molecule has 0 heterocycles. The average Bonchev–Trinajstić information content (AvgIpc) is 3.19. The van der Waals surface area contributed by atoms with Crippen LogP contribution in [0, 0.1) is 0 Å². The molecule has 0 aliphatic heterocycles. The van der Waals surface area contributed by atoms with Crippen molar-refractivity contribution in [2.45, 2.75) is 264 Å². The molecule has 0 fully saturated rings. The van der Waals surface area contributed by atoms with Crippen LogP contribution < -0.4 is 0 Å². The van der Waals surface area contributed by atoms with Crippen LogP contribution >= 0.6 is 7.82 Å². The zero-order chi connectivity index (χ0) is 41.8. The predicted molar refractivity (Wildman–Crippen MR) is 240 cm³/mol. The highest BCUT2D eigenvalue weighted by molar-refractivity contribution is 7.47. The molecule has 0 rings (SSSR count). The number of rotatable bonds is 46. The Morgan fingerprint density at radius 3 is 1.16 bits per heavy atom. The third kappa shape index (κ3) is 44.2. The summed E-state index contributed by atoms with van der Waals surface area (Å²) in [6, 6.07) is 0. The van der Waals surface area contributed by atoms with Gasteiger partial charge < -0.3 is 14.4 Å². The van der Waals surface area contributed by atoms with E-state index >= 15 is 0 Å². The average molecular weight is 829 g/mol. The SMILES string of the molecule is CCCCCCCCC/C=C\CCCCCCCCCC(=O)OC(COC(=O)CCCCCCCCCCCCCCCCCCCCC)COP(=O)(O)OCC. The Hall–Kier alpha value is -1.21. The van der Waals surface area contributed by atoms with Gasteiger partial charge in [-0.25, -0.2) is 4.57 Å². The second-order valence-corrected chi connectivity index (χ2v) is 17.9. The number of ether oxygens (including phenoxy) is 2. The van der Waals surface area contributed by atoms with Crippen LogP contribution in [0.3, 0.4) is 0 Å². The molecule has 8 nitrogen and oxygen atoms in total. The van der Waals surface area contributed by atoms with Gasteiger partial charge in [-0.2, -0.15) is 0 Å². The number of phosphoric acid groups is 1. The Morgan fingerprint density at radius 1 is 0.456 bits per heavy atom. The molecule has 1 N–H and O–H groups in total. The van der Waals surface area contributed by atoms with Crippen molar-refractivity contribution in [1.29, 1.82) is 0 Å². The lowest BCUT2D eigenvalue weighted by Crippen LogP contribution is -2.29. The minimum atomic E-state index is -4.28. The fourth-order valence-electron chi connectivity index (χ4n) is 7.21. The van der Waals surface area contributed by atoms with E-state index in [2.05, 4.69) is 26.0 Å². The van der Waals surface area contributed by atoms with Gasteiger partial charge in [0.15, 0.2) is 6.10 Å². The quantitative estimate of drug-likeness (QED) is 0.0280. The van der Waals surface area contributed by atoms with Crippen molar-refractivity contribution in [2.75, 3.05) is 19.8 Å². The van der Waals surface area contributed by atoms with Gasteiger partial charge in [-0.3, -0.25) is 18.6 Å². The molecule has 0 saturated heterocycles. The first-order valence-electron chi connectivity index (χ1n) is 24.5. The highest BCUT2D eigenvalue weighted by atomic mass is 31.2. The first-order chi connectivity index (χ1) is 27.8. The standard InChI is InChI=1S/C48H93O8P/c1-4-7-9-11-13-15-17-19-21-23-25-27-28-30-32-34-36-38-40-42-47(49)53-44-46(45-55-57(51,52)54-6-3)56-48(50)43-41-39-37-35-33-31-29-26-24-22-20-18-16-14-12-10-8-5-2/h22,24,46H,4-21,23,25-45H2,1-3H3,(H,51,52)/b24-22-. The summed E-state index contributed by atoms with van der Waals surface area (Å²) >= 11 is 0. The minimum absolute atomic E-state index is 0.00304. The third-order valence-electron chi connectivity index (χ3n) is 10.8. The van der Waals surface area contributed by atoms with Gasteiger partial charge in [0.05, 0.1) is 13.2 Å². The van der Waals surface area contributed by atoms with Crippen molar-refractivity contribution in [2.24, 2.45) is 0 Å². The summed E-state index contributed by atoms with van der Waals surface area (Å²) in [5.74, 6) is -0.787. The van der Waals surface area contributed by atoms with Crippen LogP contribution in [0.25, 0.3) is 0 Å². The summed E-state index contributed by atoms with van der Waals surface area (Å²) in [6.45, 7) is 5.52. The van der Waals surface area contributed by atoms with E-state index < -0.39 is 19.9 Å². The fourth-order valence-corrected chi connectivity index (χ4v) is 7.97. The van der Waals surface area contributed by atoms with Crippen LogP contribution in [0.1, 0.15) is 258 Å². The Morgan fingerprint density at radius 2 is 0.789 bits per heavy atom. The molecule has 0 radical (unpaired) electrons. The molecule has 0 saturated carbocycles. The van der Waals surface area contributed by atoms with Crippen LogP contribution in [0.4, 0.5) is 0 Å². The molecule has 0 aliphatic rings. The molecule has 0 amide bonds. The third-order valence-corrected chi connectivity index (χ3v) is 11.9. The number of hydrogen-bond acceptors (Lipinski definition) is 7. The summed E-state index contributed by atoms with van der Waals surface area (Å²) in [6.07, 6.45) is 48.4. The van der Waals surface area contributed by atoms with E-state index in [4.69, 9.17) is 18.5 Å². The molecule has 9 heteroatoms. The molecule has 57 heavy (non-hydrogen) atoms. The largest absolute Gasteiger partial charge is 0.472 e. The molecule has 0 aromatic heterocycles. The number of carbonyl (C=O) groups excluding carboxylic acids is 2. The smallest absolute Gasteiger partial charge is 0.462 e. The molecule has 0 bridgehead atoms. The summed E-state index contributed by atoms with van der Waals surface area (Å²) < 4.78 is 32.8. The molecule has 0 aliphatic carbocycles. The zero-order valence-electron chi connectivity index (χ0n) is 37.8. The molecule has 0 aromatic rings. The van der Waals surface area contributed by atoms with Gasteiger partial charge in [0.2, 0.25) is 0 Å². The highest BCUT2D eigenvalue weighted by Gasteiger charge is 2.25. The van der Waals surface area contributed by atoms with Crippen LogP contribution in [-0.2, 0) is 32.7 Å². The van der Waals surface area contributed by atoms with Crippen LogP contribution in [0.15, 0.2) is 12.2 Å². The first-order valence-corrected chi connectivity index (χ1v) is 26.0. The molecule has 0 aromatic carbocycles. The number of hydrogen-bond donors (Lipinski definition) is 1. The first kappa shape index (κ1) is 55.8. The van der Waals surface area contributed by atoms with Crippen molar-refractivity contribution in [1.82, 2.24) is 0 Å². The summed E-state index contributed by atoms with van der Waals surface area (Å²) in [7, 11) is -4.28. The normalized spacial score (nSPS) is 13.3. The van der Waals surface area contributed by atoms with Crippen molar-refractivity contribution < 1.29 is 37.6 Å².